The predicted molar refractivity (Wildman–Crippen MR) is 161 cm³/mol. The molecule has 14 nitrogen and oxygen atoms in total. The number of anilines is 1. The van der Waals surface area contributed by atoms with Gasteiger partial charge in [-0.3, -0.25) is 24.0 Å². The van der Waals surface area contributed by atoms with E-state index in [0.717, 1.165) is 6.42 Å². The first-order valence-corrected chi connectivity index (χ1v) is 15.1. The number of pyridine rings is 2. The van der Waals surface area contributed by atoms with Crippen molar-refractivity contribution in [2.45, 2.75) is 58.3 Å². The van der Waals surface area contributed by atoms with E-state index in [9.17, 15) is 19.2 Å². The maximum atomic E-state index is 13.9. The van der Waals surface area contributed by atoms with Crippen LogP contribution >= 0.6 is 15.9 Å². The number of Topliss-reactive ketones (excluding diaryl/α,β-unsaturated/α-hetero) is 1. The molecule has 15 heteroatoms. The van der Waals surface area contributed by atoms with Crippen molar-refractivity contribution in [3.05, 3.63) is 58.5 Å². The highest BCUT2D eigenvalue weighted by Gasteiger charge is 2.64. The second-order valence-electron chi connectivity index (χ2n) is 11.8. The summed E-state index contributed by atoms with van der Waals surface area (Å²) in [7, 11) is 0. The number of piperidine rings is 1. The minimum absolute atomic E-state index is 0.00553. The van der Waals surface area contributed by atoms with Crippen molar-refractivity contribution >= 4 is 56.4 Å². The molecule has 0 spiro atoms. The first kappa shape index (κ1) is 29.0. The Bertz CT molecular complexity index is 1910. The lowest BCUT2D eigenvalue weighted by Gasteiger charge is -2.27. The number of likely N-dealkylation sites (tertiary alicyclic amines) is 1. The number of ketones is 1. The molecule has 6 heterocycles. The Hall–Kier alpha value is -4.79. The topological polar surface area (TPSA) is 171 Å². The van der Waals surface area contributed by atoms with Crippen molar-refractivity contribution in [3.8, 4) is 11.3 Å². The largest absolute Gasteiger partial charge is 0.509 e. The summed E-state index contributed by atoms with van der Waals surface area (Å²) in [4.78, 5) is 70.8. The predicted octanol–water partition coefficient (Wildman–Crippen LogP) is 3.78. The average Bonchev–Trinajstić information content (AvgIpc) is 3.29. The van der Waals surface area contributed by atoms with Crippen molar-refractivity contribution in [1.82, 2.24) is 34.6 Å². The zero-order valence-corrected chi connectivity index (χ0v) is 26.1. The Kier molecular flexibility index (Phi) is 6.87. The molecule has 1 saturated carbocycles. The van der Waals surface area contributed by atoms with Crippen LogP contribution in [0.25, 0.3) is 22.2 Å². The Balaban J connectivity index is 1.16. The van der Waals surface area contributed by atoms with Gasteiger partial charge in [-0.15, -0.1) is 0 Å². The molecule has 7 rings (SSSR count). The molecule has 3 fully saturated rings. The van der Waals surface area contributed by atoms with Gasteiger partial charge in [0.25, 0.3) is 0 Å². The summed E-state index contributed by atoms with van der Waals surface area (Å²) in [5.74, 6) is -0.139. The number of carbonyl (C=O) groups excluding carboxylic acids is 4. The van der Waals surface area contributed by atoms with Gasteiger partial charge in [0.2, 0.25) is 11.8 Å². The van der Waals surface area contributed by atoms with Gasteiger partial charge in [0.1, 0.15) is 41.1 Å². The van der Waals surface area contributed by atoms with Crippen LogP contribution in [0.2, 0.25) is 0 Å². The zero-order chi connectivity index (χ0) is 31.6. The molecule has 1 aliphatic carbocycles. The fourth-order valence-corrected chi connectivity index (χ4v) is 6.50. The summed E-state index contributed by atoms with van der Waals surface area (Å²) in [6.07, 6.45) is 4.62. The minimum Gasteiger partial charge on any atom is -0.430 e. The number of nitrogens with one attached hydrogen (secondary N) is 1. The van der Waals surface area contributed by atoms with Gasteiger partial charge in [-0.05, 0) is 59.3 Å². The summed E-state index contributed by atoms with van der Waals surface area (Å²) in [5, 5.41) is 7.90. The first-order chi connectivity index (χ1) is 21.5. The number of fused-ring (bicyclic) bond motifs is 2. The number of carbonyl (C=O) groups is 4. The van der Waals surface area contributed by atoms with Crippen molar-refractivity contribution in [2.75, 3.05) is 11.9 Å². The van der Waals surface area contributed by atoms with E-state index in [4.69, 9.17) is 9.47 Å². The number of amides is 2. The zero-order valence-electron chi connectivity index (χ0n) is 24.5. The van der Waals surface area contributed by atoms with Gasteiger partial charge >= 0.3 is 6.16 Å². The van der Waals surface area contributed by atoms with Crippen molar-refractivity contribution < 1.29 is 28.7 Å². The number of nitrogens with zero attached hydrogens (tertiary/aromatic N) is 7. The van der Waals surface area contributed by atoms with E-state index in [-0.39, 0.29) is 47.8 Å². The first-order valence-electron chi connectivity index (χ1n) is 14.3. The molecule has 3 aliphatic rings. The quantitative estimate of drug-likeness (QED) is 0.172. The number of aromatic nitrogens is 6. The summed E-state index contributed by atoms with van der Waals surface area (Å²) in [6, 6.07) is 4.23. The molecule has 0 bridgehead atoms. The third-order valence-electron chi connectivity index (χ3n) is 8.63. The second kappa shape index (κ2) is 10.7. The fraction of sp³-hybridized carbons (Fsp3) is 0.367. The summed E-state index contributed by atoms with van der Waals surface area (Å²) in [6.45, 7) is 5.06. The third-order valence-corrected chi connectivity index (χ3v) is 9.07. The van der Waals surface area contributed by atoms with E-state index in [1.54, 1.807) is 48.6 Å². The lowest BCUT2D eigenvalue weighted by atomic mass is 10.0. The average molecular weight is 676 g/mol. The van der Waals surface area contributed by atoms with Crippen LogP contribution in [0.15, 0.2) is 41.4 Å². The van der Waals surface area contributed by atoms with Crippen LogP contribution in [0.5, 0.6) is 0 Å². The van der Waals surface area contributed by atoms with Gasteiger partial charge in [0.15, 0.2) is 11.9 Å². The Morgan fingerprint density at radius 1 is 1.13 bits per heavy atom. The van der Waals surface area contributed by atoms with Gasteiger partial charge in [0, 0.05) is 41.9 Å². The second-order valence-corrected chi connectivity index (χ2v) is 12.6. The molecule has 2 amide bonds. The van der Waals surface area contributed by atoms with E-state index < -0.39 is 24.2 Å². The molecule has 4 aromatic rings. The summed E-state index contributed by atoms with van der Waals surface area (Å²) < 4.78 is 12.1. The van der Waals surface area contributed by atoms with Crippen LogP contribution < -0.4 is 5.32 Å². The minimum atomic E-state index is -0.796. The smallest absolute Gasteiger partial charge is 0.430 e. The van der Waals surface area contributed by atoms with Crippen molar-refractivity contribution in [1.29, 1.82) is 0 Å². The van der Waals surface area contributed by atoms with Gasteiger partial charge < -0.3 is 19.7 Å². The molecule has 230 valence electrons. The molecule has 1 N–H and O–H groups in total. The monoisotopic (exact) mass is 674 g/mol. The molecule has 45 heavy (non-hydrogen) atoms. The molecule has 2 saturated heterocycles. The van der Waals surface area contributed by atoms with Gasteiger partial charge in [-0.1, -0.05) is 6.92 Å². The molecule has 0 radical (unpaired) electrons. The van der Waals surface area contributed by atoms with E-state index >= 15 is 0 Å². The number of aryl methyl sites for hydroxylation is 1. The highest BCUT2D eigenvalue weighted by atomic mass is 79.9. The number of halogens is 1. The van der Waals surface area contributed by atoms with E-state index in [2.05, 4.69) is 53.2 Å². The molecule has 4 aromatic heterocycles. The maximum Gasteiger partial charge on any atom is 0.509 e. The molecule has 2 aliphatic heterocycles. The van der Waals surface area contributed by atoms with Gasteiger partial charge in [-0.2, -0.15) is 5.10 Å². The highest BCUT2D eigenvalue weighted by molar-refractivity contribution is 9.10. The van der Waals surface area contributed by atoms with Crippen molar-refractivity contribution in [2.24, 2.45) is 5.41 Å². The molecule has 1 unspecified atom stereocenters. The van der Waals surface area contributed by atoms with Gasteiger partial charge in [-0.25, -0.2) is 19.7 Å². The standard InChI is InChI=1S/C30H27BrN8O6/c1-14(40)26-18-6-19(16-9-32-15(2)33-10-16)34-11-21(18)38(37-26)12-25(41)39-20(7-30(3)8-23(30)39)28(42)36-27-17(4-5-24(31)35-27)22-13-44-29(43)45-22/h4-6,9-11,20,22-23H,7-8,12-13H2,1-3H3,(H,35,36,42)/t20-,22?,23+,30-/m0/s1. The van der Waals surface area contributed by atoms with Crippen LogP contribution in [0, 0.1) is 12.3 Å². The molecule has 0 aromatic carbocycles. The lowest BCUT2D eigenvalue weighted by molar-refractivity contribution is -0.138. The Morgan fingerprint density at radius 3 is 2.62 bits per heavy atom. The lowest BCUT2D eigenvalue weighted by Crippen LogP contribution is -2.47. The number of hydrogen-bond donors (Lipinski definition) is 1. The fourth-order valence-electron chi connectivity index (χ4n) is 6.19. The van der Waals surface area contributed by atoms with Crippen LogP contribution in [0.1, 0.15) is 54.7 Å². The SMILES string of the molecule is CC(=O)c1nn(CC(=O)N2[C@H](C(=O)Nc3nc(Br)ccc3C3COC(=O)O3)C[C@@]3(C)C[C@@H]23)c2cnc(-c3cnc(C)nc3)cc12. The van der Waals surface area contributed by atoms with E-state index in [1.807, 2.05) is 0 Å². The van der Waals surface area contributed by atoms with Crippen LogP contribution in [0.4, 0.5) is 10.6 Å². The van der Waals surface area contributed by atoms with E-state index in [1.165, 1.54) is 11.6 Å². The number of ether oxygens (including phenoxy) is 2. The van der Waals surface area contributed by atoms with Crippen LogP contribution in [-0.4, -0.2) is 77.1 Å². The summed E-state index contributed by atoms with van der Waals surface area (Å²) >= 11 is 3.33. The van der Waals surface area contributed by atoms with Gasteiger partial charge in [0.05, 0.1) is 17.4 Å². The highest BCUT2D eigenvalue weighted by Crippen LogP contribution is 2.59. The number of rotatable bonds is 7. The Labute approximate surface area is 264 Å². The number of hydrogen-bond acceptors (Lipinski definition) is 11. The summed E-state index contributed by atoms with van der Waals surface area (Å²) in [5.41, 5.74) is 2.27. The van der Waals surface area contributed by atoms with Crippen molar-refractivity contribution in [3.63, 3.8) is 0 Å². The molecule has 4 atom stereocenters. The normalized spacial score (nSPS) is 23.4. The maximum absolute atomic E-state index is 13.9. The Morgan fingerprint density at radius 2 is 1.91 bits per heavy atom. The third kappa shape index (κ3) is 5.20. The number of cyclic esters (lactones) is 2. The van der Waals surface area contributed by atoms with Crippen LogP contribution in [-0.2, 0) is 25.6 Å². The molecular weight excluding hydrogens is 648 g/mol. The van der Waals surface area contributed by atoms with E-state index in [0.29, 0.717) is 44.6 Å². The van der Waals surface area contributed by atoms with Crippen LogP contribution in [0.3, 0.4) is 0 Å². The molecular formula is C30H27BrN8O6.